The first-order chi connectivity index (χ1) is 11.1. The van der Waals surface area contributed by atoms with Gasteiger partial charge in [-0.2, -0.15) is 0 Å². The molecular weight excluding hydrogens is 290 g/mol. The van der Waals surface area contributed by atoms with Crippen LogP contribution in [0.4, 0.5) is 22.0 Å². The molecule has 6 heteroatoms. The van der Waals surface area contributed by atoms with Gasteiger partial charge in [0.1, 0.15) is 5.82 Å². The molecule has 3 N–H and O–H groups in total. The molecule has 0 aliphatic heterocycles. The van der Waals surface area contributed by atoms with Crippen molar-refractivity contribution in [3.8, 4) is 0 Å². The first-order valence-electron chi connectivity index (χ1n) is 7.61. The van der Waals surface area contributed by atoms with Gasteiger partial charge in [-0.25, -0.2) is 9.78 Å². The number of amides is 2. The van der Waals surface area contributed by atoms with Crippen LogP contribution in [0.25, 0.3) is 0 Å². The Hall–Kier alpha value is -2.60. The van der Waals surface area contributed by atoms with E-state index in [0.29, 0.717) is 12.2 Å². The summed E-state index contributed by atoms with van der Waals surface area (Å²) in [4.78, 5) is 18.1. The summed E-state index contributed by atoms with van der Waals surface area (Å²) < 4.78 is 0. The Morgan fingerprint density at radius 3 is 2.52 bits per heavy atom. The van der Waals surface area contributed by atoms with Gasteiger partial charge < -0.3 is 20.9 Å². The first kappa shape index (κ1) is 16.8. The van der Waals surface area contributed by atoms with Gasteiger partial charge in [-0.15, -0.1) is 0 Å². The van der Waals surface area contributed by atoms with Gasteiger partial charge >= 0.3 is 6.03 Å². The molecule has 1 aromatic carbocycles. The molecule has 0 atom stereocenters. The number of nitrogens with zero attached hydrogens (tertiary/aromatic N) is 2. The number of urea groups is 1. The fourth-order valence-corrected chi connectivity index (χ4v) is 1.98. The zero-order valence-corrected chi connectivity index (χ0v) is 13.5. The number of rotatable bonds is 7. The van der Waals surface area contributed by atoms with Gasteiger partial charge in [0.05, 0.1) is 11.9 Å². The molecule has 0 aliphatic rings. The van der Waals surface area contributed by atoms with Crippen LogP contribution in [-0.4, -0.2) is 43.1 Å². The predicted molar refractivity (Wildman–Crippen MR) is 94.2 cm³/mol. The minimum absolute atomic E-state index is 0.214. The molecular formula is C17H23N5O. The third-order valence-corrected chi connectivity index (χ3v) is 3.14. The number of para-hydroxylation sites is 1. The molecule has 0 aliphatic carbocycles. The van der Waals surface area contributed by atoms with E-state index in [1.807, 2.05) is 56.6 Å². The highest BCUT2D eigenvalue weighted by Gasteiger charge is 2.02. The van der Waals surface area contributed by atoms with E-state index in [-0.39, 0.29) is 6.03 Å². The van der Waals surface area contributed by atoms with Crippen LogP contribution in [0.1, 0.15) is 6.42 Å². The van der Waals surface area contributed by atoms with E-state index in [4.69, 9.17) is 0 Å². The molecule has 23 heavy (non-hydrogen) atoms. The van der Waals surface area contributed by atoms with Crippen molar-refractivity contribution in [1.29, 1.82) is 0 Å². The Labute approximate surface area is 136 Å². The van der Waals surface area contributed by atoms with E-state index in [9.17, 15) is 4.79 Å². The van der Waals surface area contributed by atoms with Crippen LogP contribution in [0.15, 0.2) is 48.7 Å². The van der Waals surface area contributed by atoms with Gasteiger partial charge in [-0.05, 0) is 51.3 Å². The lowest BCUT2D eigenvalue weighted by molar-refractivity contribution is 0.251. The van der Waals surface area contributed by atoms with Crippen molar-refractivity contribution in [1.82, 2.24) is 15.2 Å². The summed E-state index contributed by atoms with van der Waals surface area (Å²) in [6.45, 7) is 1.59. The molecule has 0 unspecified atom stereocenters. The molecule has 1 aromatic heterocycles. The van der Waals surface area contributed by atoms with Crippen LogP contribution in [0.2, 0.25) is 0 Å². The molecule has 0 fully saturated rings. The Kier molecular flexibility index (Phi) is 6.38. The summed E-state index contributed by atoms with van der Waals surface area (Å²) in [5.74, 6) is 0.730. The van der Waals surface area contributed by atoms with Gasteiger partial charge in [0.25, 0.3) is 0 Å². The molecule has 0 bridgehead atoms. The molecule has 2 rings (SSSR count). The second-order valence-corrected chi connectivity index (χ2v) is 5.46. The quantitative estimate of drug-likeness (QED) is 0.688. The lowest BCUT2D eigenvalue weighted by Crippen LogP contribution is -2.31. The average Bonchev–Trinajstić information content (AvgIpc) is 2.54. The van der Waals surface area contributed by atoms with E-state index in [1.165, 1.54) is 0 Å². The number of aromatic nitrogens is 1. The Morgan fingerprint density at radius 2 is 1.87 bits per heavy atom. The number of hydrogen-bond acceptors (Lipinski definition) is 4. The van der Waals surface area contributed by atoms with E-state index in [1.54, 1.807) is 6.20 Å². The van der Waals surface area contributed by atoms with Crippen LogP contribution in [0, 0.1) is 0 Å². The van der Waals surface area contributed by atoms with E-state index < -0.39 is 0 Å². The lowest BCUT2D eigenvalue weighted by atomic mass is 10.3. The molecule has 6 nitrogen and oxygen atoms in total. The fourth-order valence-electron chi connectivity index (χ4n) is 1.98. The Balaban J connectivity index is 1.77. The maximum absolute atomic E-state index is 11.8. The Bertz CT molecular complexity index is 598. The summed E-state index contributed by atoms with van der Waals surface area (Å²) in [6, 6.07) is 13.2. The summed E-state index contributed by atoms with van der Waals surface area (Å²) in [5.41, 5.74) is 1.63. The molecule has 0 saturated heterocycles. The van der Waals surface area contributed by atoms with Crippen molar-refractivity contribution >= 4 is 23.2 Å². The smallest absolute Gasteiger partial charge is 0.319 e. The van der Waals surface area contributed by atoms with Crippen LogP contribution >= 0.6 is 0 Å². The van der Waals surface area contributed by atoms with Crippen molar-refractivity contribution in [2.24, 2.45) is 0 Å². The monoisotopic (exact) mass is 313 g/mol. The van der Waals surface area contributed by atoms with Crippen molar-refractivity contribution in [2.45, 2.75) is 6.42 Å². The summed E-state index contributed by atoms with van der Waals surface area (Å²) in [6.07, 6.45) is 2.54. The van der Waals surface area contributed by atoms with Crippen molar-refractivity contribution < 1.29 is 4.79 Å². The van der Waals surface area contributed by atoms with Gasteiger partial charge in [-0.3, -0.25) is 0 Å². The molecule has 0 radical (unpaired) electrons. The van der Waals surface area contributed by atoms with Crippen LogP contribution in [0.5, 0.6) is 0 Å². The third-order valence-electron chi connectivity index (χ3n) is 3.14. The van der Waals surface area contributed by atoms with E-state index in [2.05, 4.69) is 25.8 Å². The molecule has 0 saturated carbocycles. The minimum atomic E-state index is -0.214. The fraction of sp³-hybridized carbons (Fsp3) is 0.294. The second kappa shape index (κ2) is 8.75. The Morgan fingerprint density at radius 1 is 1.09 bits per heavy atom. The zero-order valence-electron chi connectivity index (χ0n) is 13.5. The predicted octanol–water partition coefficient (Wildman–Crippen LogP) is 2.90. The molecule has 2 aromatic rings. The topological polar surface area (TPSA) is 69.3 Å². The number of carbonyl (C=O) groups is 1. The van der Waals surface area contributed by atoms with Crippen molar-refractivity contribution in [3.63, 3.8) is 0 Å². The van der Waals surface area contributed by atoms with E-state index >= 15 is 0 Å². The zero-order chi connectivity index (χ0) is 16.5. The number of benzene rings is 1. The van der Waals surface area contributed by atoms with Crippen LogP contribution in [-0.2, 0) is 0 Å². The van der Waals surface area contributed by atoms with Gasteiger partial charge in [-0.1, -0.05) is 18.2 Å². The van der Waals surface area contributed by atoms with E-state index in [0.717, 1.165) is 24.5 Å². The average molecular weight is 313 g/mol. The number of anilines is 3. The van der Waals surface area contributed by atoms with Gasteiger partial charge in [0.15, 0.2) is 0 Å². The lowest BCUT2D eigenvalue weighted by Gasteiger charge is -2.11. The SMILES string of the molecule is CN(C)CCCNC(=O)Nc1ccc(Nc2ccccc2)nc1. The third kappa shape index (κ3) is 6.36. The first-order valence-corrected chi connectivity index (χ1v) is 7.61. The standard InChI is InChI=1S/C17H23N5O/c1-22(2)12-6-11-18-17(23)21-15-9-10-16(19-13-15)20-14-7-4-3-5-8-14/h3-5,7-10,13H,6,11-12H2,1-2H3,(H,19,20)(H2,18,21,23). The molecule has 122 valence electrons. The molecule has 2 amide bonds. The summed E-state index contributed by atoms with van der Waals surface area (Å²) >= 11 is 0. The van der Waals surface area contributed by atoms with Crippen molar-refractivity contribution in [3.05, 3.63) is 48.7 Å². The molecule has 0 spiro atoms. The summed E-state index contributed by atoms with van der Waals surface area (Å²) in [7, 11) is 4.02. The number of carbonyl (C=O) groups excluding carboxylic acids is 1. The second-order valence-electron chi connectivity index (χ2n) is 5.46. The number of hydrogen-bond donors (Lipinski definition) is 3. The van der Waals surface area contributed by atoms with Crippen LogP contribution < -0.4 is 16.0 Å². The highest BCUT2D eigenvalue weighted by molar-refractivity contribution is 5.89. The number of pyridine rings is 1. The molecule has 1 heterocycles. The van der Waals surface area contributed by atoms with Crippen LogP contribution in [0.3, 0.4) is 0 Å². The summed E-state index contributed by atoms with van der Waals surface area (Å²) in [5, 5.41) is 8.78. The van der Waals surface area contributed by atoms with Gasteiger partial charge in [0.2, 0.25) is 0 Å². The number of nitrogens with one attached hydrogen (secondary N) is 3. The maximum atomic E-state index is 11.8. The largest absolute Gasteiger partial charge is 0.340 e. The normalized spacial score (nSPS) is 10.4. The van der Waals surface area contributed by atoms with Gasteiger partial charge in [0, 0.05) is 12.2 Å². The minimum Gasteiger partial charge on any atom is -0.340 e. The highest BCUT2D eigenvalue weighted by Crippen LogP contribution is 2.15. The maximum Gasteiger partial charge on any atom is 0.319 e. The van der Waals surface area contributed by atoms with Crippen molar-refractivity contribution in [2.75, 3.05) is 37.8 Å². The highest BCUT2D eigenvalue weighted by atomic mass is 16.2.